The van der Waals surface area contributed by atoms with Gasteiger partial charge in [-0.25, -0.2) is 0 Å². The van der Waals surface area contributed by atoms with Crippen molar-refractivity contribution < 1.29 is 9.59 Å². The van der Waals surface area contributed by atoms with Gasteiger partial charge in [0.25, 0.3) is 5.91 Å². The number of nitrogens with one attached hydrogen (secondary N) is 1. The summed E-state index contributed by atoms with van der Waals surface area (Å²) in [5.74, 6) is -0.689. The normalized spacial score (nSPS) is 10.1. The second-order valence-electron chi connectivity index (χ2n) is 5.39. The Bertz CT molecular complexity index is 768. The molecule has 7 heteroatoms. The third-order valence-corrected chi connectivity index (χ3v) is 4.47. The van der Waals surface area contributed by atoms with Crippen LogP contribution in [0.3, 0.4) is 0 Å². The van der Waals surface area contributed by atoms with Crippen LogP contribution in [0.1, 0.15) is 22.3 Å². The molecule has 0 spiro atoms. The predicted octanol–water partition coefficient (Wildman–Crippen LogP) is 2.68. The molecule has 0 aliphatic rings. The molecule has 0 atom stereocenters. The van der Waals surface area contributed by atoms with Crippen LogP contribution in [0.2, 0.25) is 0 Å². The molecule has 0 radical (unpaired) electrons. The first-order valence-corrected chi connectivity index (χ1v) is 9.12. The molecular formula is C18H18IN3O2S. The molecule has 0 heterocycles. The van der Waals surface area contributed by atoms with E-state index < -0.39 is 5.91 Å². The van der Waals surface area contributed by atoms with Gasteiger partial charge in [-0.1, -0.05) is 36.4 Å². The highest BCUT2D eigenvalue weighted by atomic mass is 127. The monoisotopic (exact) mass is 467 g/mol. The molecule has 0 aliphatic heterocycles. The van der Waals surface area contributed by atoms with Crippen LogP contribution in [0, 0.1) is 3.57 Å². The van der Waals surface area contributed by atoms with E-state index in [-0.39, 0.29) is 17.4 Å². The molecule has 0 unspecified atom stereocenters. The largest absolute Gasteiger partial charge is 0.370 e. The second kappa shape index (κ2) is 9.47. The number of nitrogens with two attached hydrogens (primary N) is 1. The number of carbonyl (C=O) groups is 2. The number of primary amides is 1. The lowest BCUT2D eigenvalue weighted by atomic mass is 10.2. The Labute approximate surface area is 165 Å². The molecule has 0 aliphatic carbocycles. The van der Waals surface area contributed by atoms with E-state index in [2.05, 4.69) is 27.9 Å². The van der Waals surface area contributed by atoms with Crippen molar-refractivity contribution in [3.63, 3.8) is 0 Å². The minimum Gasteiger partial charge on any atom is -0.370 e. The van der Waals surface area contributed by atoms with Crippen molar-refractivity contribution in [3.8, 4) is 0 Å². The molecule has 0 aromatic heterocycles. The Balaban J connectivity index is 2.08. The van der Waals surface area contributed by atoms with Gasteiger partial charge in [-0.05, 0) is 58.6 Å². The summed E-state index contributed by atoms with van der Waals surface area (Å²) in [5, 5.41) is 3.00. The van der Waals surface area contributed by atoms with E-state index in [0.29, 0.717) is 18.7 Å². The van der Waals surface area contributed by atoms with Crippen LogP contribution in [0.25, 0.3) is 0 Å². The topological polar surface area (TPSA) is 75.4 Å². The first kappa shape index (κ1) is 19.3. The van der Waals surface area contributed by atoms with E-state index in [4.69, 9.17) is 18.0 Å². The van der Waals surface area contributed by atoms with Crippen molar-refractivity contribution in [1.82, 2.24) is 10.2 Å². The lowest BCUT2D eigenvalue weighted by Gasteiger charge is -2.25. The van der Waals surface area contributed by atoms with Crippen molar-refractivity contribution in [3.05, 3.63) is 69.3 Å². The molecule has 2 aromatic rings. The molecule has 3 N–H and O–H groups in total. The van der Waals surface area contributed by atoms with Crippen molar-refractivity contribution in [2.45, 2.75) is 13.0 Å². The molecule has 0 bridgehead atoms. The van der Waals surface area contributed by atoms with Crippen LogP contribution >= 0.6 is 34.8 Å². The minimum atomic E-state index is -0.412. The Kier molecular flexibility index (Phi) is 7.32. The maximum absolute atomic E-state index is 12.4. The highest BCUT2D eigenvalue weighted by Gasteiger charge is 2.15. The number of thiocarbonyl (C=S) groups is 1. The van der Waals surface area contributed by atoms with Gasteiger partial charge in [-0.15, -0.1) is 0 Å². The predicted molar refractivity (Wildman–Crippen MR) is 110 cm³/mol. The molecule has 5 nitrogen and oxygen atoms in total. The maximum atomic E-state index is 12.4. The summed E-state index contributed by atoms with van der Waals surface area (Å²) in [6.07, 6.45) is 0.159. The molecule has 130 valence electrons. The third-order valence-electron chi connectivity index (χ3n) is 3.44. The fraction of sp³-hybridized carbons (Fsp3) is 0.167. The zero-order valence-corrected chi connectivity index (χ0v) is 16.4. The second-order valence-corrected chi connectivity index (χ2v) is 7.03. The van der Waals surface area contributed by atoms with Gasteiger partial charge in [0.2, 0.25) is 5.91 Å². The van der Waals surface area contributed by atoms with Crippen molar-refractivity contribution >= 4 is 51.7 Å². The number of benzene rings is 2. The van der Waals surface area contributed by atoms with Gasteiger partial charge in [0.15, 0.2) is 5.11 Å². The quantitative estimate of drug-likeness (QED) is 0.506. The van der Waals surface area contributed by atoms with Crippen LogP contribution in [-0.4, -0.2) is 28.4 Å². The number of hydrogen-bond donors (Lipinski definition) is 2. The summed E-state index contributed by atoms with van der Waals surface area (Å²) >= 11 is 7.52. The lowest BCUT2D eigenvalue weighted by molar-refractivity contribution is -0.118. The van der Waals surface area contributed by atoms with Gasteiger partial charge in [0, 0.05) is 28.6 Å². The zero-order chi connectivity index (χ0) is 18.2. The minimum absolute atomic E-state index is 0.159. The summed E-state index contributed by atoms with van der Waals surface area (Å²) in [4.78, 5) is 25.3. The van der Waals surface area contributed by atoms with Crippen molar-refractivity contribution in [1.29, 1.82) is 0 Å². The van der Waals surface area contributed by atoms with Gasteiger partial charge in [0.05, 0.1) is 0 Å². The summed E-state index contributed by atoms with van der Waals surface area (Å²) < 4.78 is 0.964. The average molecular weight is 467 g/mol. The number of amides is 2. The number of nitrogens with zero attached hydrogens (tertiary/aromatic N) is 1. The summed E-state index contributed by atoms with van der Waals surface area (Å²) in [6, 6.07) is 16.9. The van der Waals surface area contributed by atoms with Gasteiger partial charge in [-0.2, -0.15) is 0 Å². The molecule has 0 saturated carbocycles. The zero-order valence-electron chi connectivity index (χ0n) is 13.4. The highest BCUT2D eigenvalue weighted by Crippen LogP contribution is 2.09. The van der Waals surface area contributed by atoms with Crippen LogP contribution in [0.15, 0.2) is 54.6 Å². The Morgan fingerprint density at radius 3 is 2.48 bits per heavy atom. The summed E-state index contributed by atoms with van der Waals surface area (Å²) in [7, 11) is 0. The van der Waals surface area contributed by atoms with Gasteiger partial charge in [-0.3, -0.25) is 14.9 Å². The molecule has 0 fully saturated rings. The SMILES string of the molecule is NC(=O)CCN(Cc1ccccc1)C(=S)NC(=O)c1cccc(I)c1. The summed E-state index contributed by atoms with van der Waals surface area (Å²) in [6.45, 7) is 0.829. The lowest BCUT2D eigenvalue weighted by Crippen LogP contribution is -2.43. The van der Waals surface area contributed by atoms with E-state index in [1.54, 1.807) is 17.0 Å². The van der Waals surface area contributed by atoms with E-state index >= 15 is 0 Å². The number of carbonyl (C=O) groups excluding carboxylic acids is 2. The van der Waals surface area contributed by atoms with Crippen LogP contribution in [-0.2, 0) is 11.3 Å². The molecule has 2 amide bonds. The number of hydrogen-bond acceptors (Lipinski definition) is 3. The molecular weight excluding hydrogens is 449 g/mol. The van der Waals surface area contributed by atoms with Crippen molar-refractivity contribution in [2.24, 2.45) is 5.73 Å². The number of halogens is 1. The van der Waals surface area contributed by atoms with Crippen LogP contribution in [0.4, 0.5) is 0 Å². The smallest absolute Gasteiger partial charge is 0.257 e. The highest BCUT2D eigenvalue weighted by molar-refractivity contribution is 14.1. The summed E-state index contributed by atoms with van der Waals surface area (Å²) in [5.41, 5.74) is 6.80. The van der Waals surface area contributed by atoms with Gasteiger partial charge >= 0.3 is 0 Å². The van der Waals surface area contributed by atoms with Crippen LogP contribution in [0.5, 0.6) is 0 Å². The van der Waals surface area contributed by atoms with Gasteiger partial charge in [0.1, 0.15) is 0 Å². The van der Waals surface area contributed by atoms with Gasteiger partial charge < -0.3 is 10.6 Å². The molecule has 2 aromatic carbocycles. The fourth-order valence-corrected chi connectivity index (χ4v) is 2.97. The Hall–Kier alpha value is -2.00. The average Bonchev–Trinajstić information content (AvgIpc) is 2.59. The Morgan fingerprint density at radius 1 is 1.12 bits per heavy atom. The van der Waals surface area contributed by atoms with E-state index in [1.165, 1.54) is 0 Å². The third kappa shape index (κ3) is 6.43. The molecule has 0 saturated heterocycles. The molecule has 2 rings (SSSR count). The van der Waals surface area contributed by atoms with E-state index in [0.717, 1.165) is 9.13 Å². The first-order valence-electron chi connectivity index (χ1n) is 7.64. The van der Waals surface area contributed by atoms with Crippen LogP contribution < -0.4 is 11.1 Å². The van der Waals surface area contributed by atoms with E-state index in [1.807, 2.05) is 42.5 Å². The first-order chi connectivity index (χ1) is 12.0. The van der Waals surface area contributed by atoms with E-state index in [9.17, 15) is 9.59 Å². The molecule has 25 heavy (non-hydrogen) atoms. The van der Waals surface area contributed by atoms with Crippen molar-refractivity contribution in [2.75, 3.05) is 6.54 Å². The maximum Gasteiger partial charge on any atom is 0.257 e. The fourth-order valence-electron chi connectivity index (χ4n) is 2.18. The Morgan fingerprint density at radius 2 is 1.84 bits per heavy atom. The standard InChI is InChI=1S/C18H18IN3O2S/c19-15-8-4-7-14(11-15)17(24)21-18(25)22(10-9-16(20)23)12-13-5-2-1-3-6-13/h1-8,11H,9-10,12H2,(H2,20,23)(H,21,24,25). The number of rotatable bonds is 6.